The van der Waals surface area contributed by atoms with Gasteiger partial charge in [0.1, 0.15) is 12.6 Å². The number of nitrogens with zero attached hydrogens (tertiary/aromatic N) is 4. The summed E-state index contributed by atoms with van der Waals surface area (Å²) >= 11 is 0. The maximum atomic E-state index is 12.6. The molecule has 2 aromatic heterocycles. The average Bonchev–Trinajstić information content (AvgIpc) is 3.30. The van der Waals surface area contributed by atoms with Crippen LogP contribution in [0.3, 0.4) is 0 Å². The van der Waals surface area contributed by atoms with Gasteiger partial charge in [-0.3, -0.25) is 4.79 Å². The molecule has 0 spiro atoms. The summed E-state index contributed by atoms with van der Waals surface area (Å²) in [5, 5.41) is 9.00. The predicted molar refractivity (Wildman–Crippen MR) is 96.1 cm³/mol. The van der Waals surface area contributed by atoms with Crippen LogP contribution in [-0.2, 0) is 11.3 Å². The van der Waals surface area contributed by atoms with Gasteiger partial charge in [-0.1, -0.05) is 18.2 Å². The number of ether oxygens (including phenoxy) is 2. The Morgan fingerprint density at radius 2 is 1.96 bits per heavy atom. The number of methoxy groups -OCH3 is 1. The second kappa shape index (κ2) is 7.03. The highest BCUT2D eigenvalue weighted by molar-refractivity contribution is 5.83. The van der Waals surface area contributed by atoms with Crippen molar-refractivity contribution >= 4 is 16.8 Å². The zero-order chi connectivity index (χ0) is 17.9. The van der Waals surface area contributed by atoms with Crippen molar-refractivity contribution in [1.29, 1.82) is 0 Å². The molecule has 0 N–H and O–H groups in total. The summed E-state index contributed by atoms with van der Waals surface area (Å²) in [6.07, 6.45) is 2.67. The summed E-state index contributed by atoms with van der Waals surface area (Å²) in [6.45, 7) is 1.58. The van der Waals surface area contributed by atoms with Crippen LogP contribution in [0.4, 0.5) is 0 Å². The number of hydrogen-bond donors (Lipinski definition) is 0. The lowest BCUT2D eigenvalue weighted by Gasteiger charge is -2.17. The lowest BCUT2D eigenvalue weighted by molar-refractivity contribution is -0.131. The molecule has 1 aliphatic heterocycles. The van der Waals surface area contributed by atoms with Gasteiger partial charge in [-0.25, -0.2) is 0 Å². The van der Waals surface area contributed by atoms with Crippen molar-refractivity contribution in [2.75, 3.05) is 20.2 Å². The first-order valence-corrected chi connectivity index (χ1v) is 8.59. The van der Waals surface area contributed by atoms with Gasteiger partial charge in [0, 0.05) is 36.8 Å². The van der Waals surface area contributed by atoms with E-state index in [9.17, 15) is 4.79 Å². The lowest BCUT2D eigenvalue weighted by atomic mass is 10.2. The molecule has 1 saturated heterocycles. The van der Waals surface area contributed by atoms with E-state index >= 15 is 0 Å². The maximum absolute atomic E-state index is 12.6. The molecule has 134 valence electrons. The first-order chi connectivity index (χ1) is 12.7. The van der Waals surface area contributed by atoms with Gasteiger partial charge >= 0.3 is 0 Å². The largest absolute Gasteiger partial charge is 0.480 e. The number of carbonyl (C=O) groups is 1. The molecule has 1 atom stereocenters. The Morgan fingerprint density at radius 3 is 2.77 bits per heavy atom. The summed E-state index contributed by atoms with van der Waals surface area (Å²) in [5.41, 5.74) is 1.07. The molecule has 1 aliphatic rings. The highest BCUT2D eigenvalue weighted by Crippen LogP contribution is 2.19. The van der Waals surface area contributed by atoms with E-state index in [1.807, 2.05) is 46.0 Å². The summed E-state index contributed by atoms with van der Waals surface area (Å²) < 4.78 is 12.8. The molecule has 3 aromatic rings. The average molecular weight is 352 g/mol. The van der Waals surface area contributed by atoms with Crippen molar-refractivity contribution in [3.63, 3.8) is 0 Å². The summed E-state index contributed by atoms with van der Waals surface area (Å²) in [7, 11) is 1.54. The van der Waals surface area contributed by atoms with Crippen LogP contribution in [0.25, 0.3) is 10.9 Å². The van der Waals surface area contributed by atoms with Gasteiger partial charge in [0.15, 0.2) is 0 Å². The van der Waals surface area contributed by atoms with E-state index in [4.69, 9.17) is 9.47 Å². The van der Waals surface area contributed by atoms with Gasteiger partial charge in [0.2, 0.25) is 17.7 Å². The molecule has 7 heteroatoms. The molecule has 0 radical (unpaired) electrons. The van der Waals surface area contributed by atoms with Crippen LogP contribution < -0.4 is 9.47 Å². The highest BCUT2D eigenvalue weighted by Gasteiger charge is 2.28. The van der Waals surface area contributed by atoms with Crippen LogP contribution in [0.2, 0.25) is 0 Å². The minimum atomic E-state index is -0.0666. The van der Waals surface area contributed by atoms with E-state index in [2.05, 4.69) is 10.2 Å². The van der Waals surface area contributed by atoms with Gasteiger partial charge in [0.05, 0.1) is 13.7 Å². The van der Waals surface area contributed by atoms with Gasteiger partial charge < -0.3 is 18.9 Å². The smallest absolute Gasteiger partial charge is 0.242 e. The molecule has 0 bridgehead atoms. The lowest BCUT2D eigenvalue weighted by Crippen LogP contribution is -2.33. The number of hydrogen-bond acceptors (Lipinski definition) is 5. The van der Waals surface area contributed by atoms with E-state index in [1.165, 1.54) is 0 Å². The van der Waals surface area contributed by atoms with Crippen LogP contribution in [0.5, 0.6) is 11.8 Å². The summed E-state index contributed by atoms with van der Waals surface area (Å²) in [4.78, 5) is 14.5. The van der Waals surface area contributed by atoms with Gasteiger partial charge in [-0.05, 0) is 17.5 Å². The zero-order valence-corrected chi connectivity index (χ0v) is 14.5. The van der Waals surface area contributed by atoms with Crippen molar-refractivity contribution in [2.45, 2.75) is 19.1 Å². The van der Waals surface area contributed by atoms with Crippen molar-refractivity contribution in [3.8, 4) is 11.8 Å². The monoisotopic (exact) mass is 352 g/mol. The Morgan fingerprint density at radius 1 is 1.15 bits per heavy atom. The number of benzene rings is 1. The third-order valence-electron chi connectivity index (χ3n) is 4.60. The normalized spacial score (nSPS) is 16.8. The Kier molecular flexibility index (Phi) is 4.43. The molecule has 0 saturated carbocycles. The van der Waals surface area contributed by atoms with Gasteiger partial charge in [-0.2, -0.15) is 0 Å². The number of carbonyl (C=O) groups excluding carboxylic acids is 1. The Hall–Kier alpha value is -3.09. The van der Waals surface area contributed by atoms with Crippen LogP contribution in [-0.4, -0.2) is 51.9 Å². The molecule has 1 aromatic carbocycles. The Labute approximate surface area is 151 Å². The number of fused-ring (bicyclic) bond motifs is 1. The van der Waals surface area contributed by atoms with Crippen molar-refractivity contribution in [2.24, 2.45) is 0 Å². The minimum Gasteiger partial charge on any atom is -0.480 e. The number of aromatic nitrogens is 3. The maximum Gasteiger partial charge on any atom is 0.242 e. The standard InChI is InChI=1S/C19H20N4O3/c1-25-17-6-7-18(21-20-17)26-15-9-11-23(12-15)19(24)13-22-10-8-14-4-2-3-5-16(14)22/h2-8,10,15H,9,11-13H2,1H3. The molecule has 7 nitrogen and oxygen atoms in total. The quantitative estimate of drug-likeness (QED) is 0.703. The zero-order valence-electron chi connectivity index (χ0n) is 14.5. The number of amides is 1. The van der Waals surface area contributed by atoms with Crippen LogP contribution >= 0.6 is 0 Å². The number of rotatable bonds is 5. The van der Waals surface area contributed by atoms with Crippen LogP contribution in [0, 0.1) is 0 Å². The van der Waals surface area contributed by atoms with E-state index in [-0.39, 0.29) is 12.0 Å². The van der Waals surface area contributed by atoms with E-state index in [0.717, 1.165) is 17.3 Å². The fourth-order valence-corrected chi connectivity index (χ4v) is 3.23. The van der Waals surface area contributed by atoms with Crippen LogP contribution in [0.1, 0.15) is 6.42 Å². The Balaban J connectivity index is 1.36. The first-order valence-electron chi connectivity index (χ1n) is 8.59. The van der Waals surface area contributed by atoms with E-state index in [0.29, 0.717) is 31.4 Å². The van der Waals surface area contributed by atoms with E-state index < -0.39 is 0 Å². The molecule has 1 unspecified atom stereocenters. The third-order valence-corrected chi connectivity index (χ3v) is 4.60. The minimum absolute atomic E-state index is 0.0666. The summed E-state index contributed by atoms with van der Waals surface area (Å²) in [6, 6.07) is 13.5. The molecule has 0 aliphatic carbocycles. The third kappa shape index (κ3) is 3.33. The molecular formula is C19H20N4O3. The van der Waals surface area contributed by atoms with Crippen molar-refractivity contribution in [3.05, 3.63) is 48.7 Å². The van der Waals surface area contributed by atoms with Gasteiger partial charge in [0.25, 0.3) is 0 Å². The highest BCUT2D eigenvalue weighted by atomic mass is 16.5. The molecule has 4 rings (SSSR count). The second-order valence-electron chi connectivity index (χ2n) is 6.28. The Bertz CT molecular complexity index is 907. The van der Waals surface area contributed by atoms with Crippen molar-refractivity contribution in [1.82, 2.24) is 19.7 Å². The molecular weight excluding hydrogens is 332 g/mol. The number of likely N-dealkylation sites (tertiary alicyclic amines) is 1. The molecule has 1 fully saturated rings. The van der Waals surface area contributed by atoms with Gasteiger partial charge in [-0.15, -0.1) is 10.2 Å². The molecule has 26 heavy (non-hydrogen) atoms. The molecule has 1 amide bonds. The molecule has 3 heterocycles. The van der Waals surface area contributed by atoms with Crippen molar-refractivity contribution < 1.29 is 14.3 Å². The first kappa shape index (κ1) is 16.4. The van der Waals surface area contributed by atoms with E-state index in [1.54, 1.807) is 19.2 Å². The van der Waals surface area contributed by atoms with Crippen LogP contribution in [0.15, 0.2) is 48.7 Å². The summed E-state index contributed by atoms with van der Waals surface area (Å²) in [5.74, 6) is 0.985. The second-order valence-corrected chi connectivity index (χ2v) is 6.28. The topological polar surface area (TPSA) is 69.5 Å². The predicted octanol–water partition coefficient (Wildman–Crippen LogP) is 2.12. The SMILES string of the molecule is COc1ccc(OC2CCN(C(=O)Cn3ccc4ccccc43)C2)nn1. The fourth-order valence-electron chi connectivity index (χ4n) is 3.23. The fraction of sp³-hybridized carbons (Fsp3) is 0.316. The number of para-hydroxylation sites is 1.